The van der Waals surface area contributed by atoms with E-state index in [9.17, 15) is 4.79 Å². The van der Waals surface area contributed by atoms with Crippen LogP contribution < -0.4 is 5.32 Å². The molecule has 4 heteroatoms. The zero-order chi connectivity index (χ0) is 9.84. The second-order valence-corrected chi connectivity index (χ2v) is 3.41. The highest BCUT2D eigenvalue weighted by Gasteiger charge is 2.12. The molecular weight excluding hydrogens is 184 g/mol. The van der Waals surface area contributed by atoms with Gasteiger partial charge < -0.3 is 5.32 Å². The van der Waals surface area contributed by atoms with E-state index in [-0.39, 0.29) is 5.91 Å². The molecule has 1 aromatic heterocycles. The van der Waals surface area contributed by atoms with Crippen molar-refractivity contribution < 1.29 is 4.79 Å². The molecule has 1 rings (SSSR count). The molecule has 0 bridgehead atoms. The monoisotopic (exact) mass is 194 g/mol. The first kappa shape index (κ1) is 9.75. The van der Waals surface area contributed by atoms with Gasteiger partial charge in [0.25, 0.3) is 5.91 Å². The van der Waals surface area contributed by atoms with Crippen LogP contribution in [0.1, 0.15) is 22.8 Å². The van der Waals surface area contributed by atoms with E-state index < -0.39 is 0 Å². The van der Waals surface area contributed by atoms with Crippen LogP contribution in [-0.4, -0.2) is 12.5 Å². The molecule has 0 aliphatic rings. The van der Waals surface area contributed by atoms with Gasteiger partial charge in [0.05, 0.1) is 6.57 Å². The Morgan fingerprint density at radius 1 is 1.77 bits per heavy atom. The van der Waals surface area contributed by atoms with Gasteiger partial charge in [-0.15, -0.1) is 0 Å². The summed E-state index contributed by atoms with van der Waals surface area (Å²) >= 11 is 1.32. The van der Waals surface area contributed by atoms with Gasteiger partial charge in [-0.3, -0.25) is 4.79 Å². The molecule has 68 valence electrons. The molecule has 0 aliphatic heterocycles. The smallest absolute Gasteiger partial charge is 0.251 e. The van der Waals surface area contributed by atoms with E-state index in [4.69, 9.17) is 6.57 Å². The Bertz CT molecular complexity index is 362. The molecule has 0 atom stereocenters. The minimum Gasteiger partial charge on any atom is -0.352 e. The van der Waals surface area contributed by atoms with Gasteiger partial charge in [-0.1, -0.05) is 0 Å². The summed E-state index contributed by atoms with van der Waals surface area (Å²) in [6, 6.07) is 0. The third-order valence-corrected chi connectivity index (χ3v) is 2.67. The summed E-state index contributed by atoms with van der Waals surface area (Å²) in [5, 5.41) is 5.03. The molecule has 0 radical (unpaired) electrons. The average Bonchev–Trinajstić information content (AvgIpc) is 2.47. The molecule has 1 aromatic rings. The maximum Gasteiger partial charge on any atom is 0.251 e. The van der Waals surface area contributed by atoms with E-state index in [1.165, 1.54) is 11.3 Å². The largest absolute Gasteiger partial charge is 0.352 e. The summed E-state index contributed by atoms with van der Waals surface area (Å²) in [5.41, 5.74) is 1.41. The Balaban J connectivity index is 2.97. The summed E-state index contributed by atoms with van der Waals surface area (Å²) in [5.74, 6) is -0.0915. The molecule has 1 N–H and O–H groups in total. The number of carbonyl (C=O) groups is 1. The Morgan fingerprint density at radius 2 is 2.46 bits per heavy atom. The predicted octanol–water partition coefficient (Wildman–Crippen LogP) is 2.36. The van der Waals surface area contributed by atoms with Crippen LogP contribution in [0.4, 0.5) is 5.00 Å². The Kier molecular flexibility index (Phi) is 3.04. The maximum absolute atomic E-state index is 11.4. The Labute approximate surface area is 81.2 Å². The molecule has 0 aliphatic carbocycles. The van der Waals surface area contributed by atoms with E-state index in [0.717, 1.165) is 5.56 Å². The molecular formula is C9H10N2OS. The van der Waals surface area contributed by atoms with E-state index >= 15 is 0 Å². The Hall–Kier alpha value is -1.34. The highest BCUT2D eigenvalue weighted by molar-refractivity contribution is 7.14. The lowest BCUT2D eigenvalue weighted by Gasteiger charge is -2.00. The number of amides is 1. The highest BCUT2D eigenvalue weighted by Crippen LogP contribution is 2.29. The van der Waals surface area contributed by atoms with Crippen molar-refractivity contribution in [1.82, 2.24) is 5.32 Å². The number of nitrogens with zero attached hydrogens (tertiary/aromatic N) is 1. The van der Waals surface area contributed by atoms with Crippen LogP contribution in [0.2, 0.25) is 0 Å². The van der Waals surface area contributed by atoms with Crippen LogP contribution in [0.3, 0.4) is 0 Å². The molecule has 3 nitrogen and oxygen atoms in total. The summed E-state index contributed by atoms with van der Waals surface area (Å²) in [7, 11) is 0. The van der Waals surface area contributed by atoms with Gasteiger partial charge in [0.2, 0.25) is 5.00 Å². The second kappa shape index (κ2) is 4.06. The highest BCUT2D eigenvalue weighted by atomic mass is 32.1. The van der Waals surface area contributed by atoms with Gasteiger partial charge in [-0.2, -0.15) is 11.3 Å². The molecule has 0 saturated heterocycles. The average molecular weight is 194 g/mol. The first-order valence-corrected chi connectivity index (χ1v) is 4.82. The zero-order valence-corrected chi connectivity index (χ0v) is 8.36. The number of rotatable bonds is 2. The van der Waals surface area contributed by atoms with Gasteiger partial charge in [0, 0.05) is 12.1 Å². The number of hydrogen-bond donors (Lipinski definition) is 1. The quantitative estimate of drug-likeness (QED) is 0.720. The van der Waals surface area contributed by atoms with Crippen LogP contribution in [-0.2, 0) is 0 Å². The van der Waals surface area contributed by atoms with Gasteiger partial charge >= 0.3 is 0 Å². The fourth-order valence-electron chi connectivity index (χ4n) is 0.997. The summed E-state index contributed by atoms with van der Waals surface area (Å²) in [6.45, 7) is 11.1. The fourth-order valence-corrected chi connectivity index (χ4v) is 1.85. The van der Waals surface area contributed by atoms with Crippen molar-refractivity contribution >= 4 is 22.2 Å². The lowest BCUT2D eigenvalue weighted by atomic mass is 10.2. The molecule has 0 aromatic carbocycles. The number of carbonyl (C=O) groups excluding carboxylic acids is 1. The van der Waals surface area contributed by atoms with Crippen LogP contribution in [0.25, 0.3) is 4.85 Å². The Morgan fingerprint density at radius 3 is 2.92 bits per heavy atom. The lowest BCUT2D eigenvalue weighted by Crippen LogP contribution is -2.22. The van der Waals surface area contributed by atoms with Crippen molar-refractivity contribution in [3.63, 3.8) is 0 Å². The summed E-state index contributed by atoms with van der Waals surface area (Å²) in [6.07, 6.45) is 0. The SMILES string of the molecule is [C-]#[N+]c1scc(C(=O)NCC)c1C. The molecule has 0 fully saturated rings. The van der Waals surface area contributed by atoms with Gasteiger partial charge in [0.1, 0.15) is 0 Å². The third kappa shape index (κ3) is 1.87. The fraction of sp³-hybridized carbons (Fsp3) is 0.333. The van der Waals surface area contributed by atoms with Gasteiger partial charge in [0.15, 0.2) is 0 Å². The molecule has 0 spiro atoms. The first-order chi connectivity index (χ1) is 6.20. The first-order valence-electron chi connectivity index (χ1n) is 3.94. The normalized spacial score (nSPS) is 9.31. The van der Waals surface area contributed by atoms with Crippen LogP contribution in [0.5, 0.6) is 0 Å². The number of nitrogens with one attached hydrogen (secondary N) is 1. The minimum atomic E-state index is -0.0915. The van der Waals surface area contributed by atoms with Crippen LogP contribution >= 0.6 is 11.3 Å². The van der Waals surface area contributed by atoms with E-state index in [1.54, 1.807) is 12.3 Å². The van der Waals surface area contributed by atoms with Gasteiger partial charge in [-0.25, -0.2) is 4.85 Å². The van der Waals surface area contributed by atoms with Crippen molar-refractivity contribution in [3.8, 4) is 0 Å². The number of hydrogen-bond acceptors (Lipinski definition) is 2. The minimum absolute atomic E-state index is 0.0915. The van der Waals surface area contributed by atoms with E-state index in [1.807, 2.05) is 6.92 Å². The molecule has 1 heterocycles. The van der Waals surface area contributed by atoms with Crippen LogP contribution in [0, 0.1) is 13.5 Å². The van der Waals surface area contributed by atoms with Crippen molar-refractivity contribution in [2.45, 2.75) is 13.8 Å². The van der Waals surface area contributed by atoms with Gasteiger partial charge in [-0.05, 0) is 24.8 Å². The lowest BCUT2D eigenvalue weighted by molar-refractivity contribution is 0.0956. The summed E-state index contributed by atoms with van der Waals surface area (Å²) in [4.78, 5) is 14.7. The van der Waals surface area contributed by atoms with Crippen molar-refractivity contribution in [2.24, 2.45) is 0 Å². The predicted molar refractivity (Wildman–Crippen MR) is 53.3 cm³/mol. The standard InChI is InChI=1S/C9H10N2OS/c1-4-11-8(12)7-5-13-9(10-3)6(7)2/h5H,4H2,1-2H3,(H,11,12). The third-order valence-electron chi connectivity index (χ3n) is 1.70. The van der Waals surface area contributed by atoms with Crippen molar-refractivity contribution in [3.05, 3.63) is 27.9 Å². The van der Waals surface area contributed by atoms with Crippen molar-refractivity contribution in [2.75, 3.05) is 6.54 Å². The molecule has 13 heavy (non-hydrogen) atoms. The molecule has 0 saturated carbocycles. The van der Waals surface area contributed by atoms with Crippen LogP contribution in [0.15, 0.2) is 5.38 Å². The zero-order valence-electron chi connectivity index (χ0n) is 7.55. The van der Waals surface area contributed by atoms with Crippen molar-refractivity contribution in [1.29, 1.82) is 0 Å². The maximum atomic E-state index is 11.4. The van der Waals surface area contributed by atoms with E-state index in [2.05, 4.69) is 10.2 Å². The second-order valence-electron chi connectivity index (χ2n) is 2.55. The molecule has 1 amide bonds. The van der Waals surface area contributed by atoms with E-state index in [0.29, 0.717) is 17.1 Å². The molecule has 0 unspecified atom stereocenters. The number of thiophene rings is 1. The summed E-state index contributed by atoms with van der Waals surface area (Å²) < 4.78 is 0. The topological polar surface area (TPSA) is 33.5 Å².